The van der Waals surface area contributed by atoms with E-state index in [-0.39, 0.29) is 24.1 Å². The van der Waals surface area contributed by atoms with Crippen molar-refractivity contribution in [2.45, 2.75) is 32.5 Å². The van der Waals surface area contributed by atoms with E-state index in [9.17, 15) is 18.0 Å². The van der Waals surface area contributed by atoms with Gasteiger partial charge >= 0.3 is 6.18 Å². The van der Waals surface area contributed by atoms with Gasteiger partial charge in [-0.3, -0.25) is 4.79 Å². The van der Waals surface area contributed by atoms with Crippen molar-refractivity contribution in [2.24, 2.45) is 0 Å². The lowest BCUT2D eigenvalue weighted by molar-refractivity contribution is -0.137. The first-order valence-electron chi connectivity index (χ1n) is 6.10. The van der Waals surface area contributed by atoms with Crippen LogP contribution in [0.1, 0.15) is 25.8 Å². The third kappa shape index (κ3) is 2.67. The van der Waals surface area contributed by atoms with E-state index in [1.54, 1.807) is 0 Å². The quantitative estimate of drug-likeness (QED) is 0.851. The van der Waals surface area contributed by atoms with Gasteiger partial charge in [0.25, 0.3) is 0 Å². The minimum absolute atomic E-state index is 0.0389. The zero-order valence-electron chi connectivity index (χ0n) is 10.7. The first kappa shape index (κ1) is 13.7. The van der Waals surface area contributed by atoms with E-state index in [0.717, 1.165) is 12.1 Å². The summed E-state index contributed by atoms with van der Waals surface area (Å²) in [6.07, 6.45) is -4.14. The van der Waals surface area contributed by atoms with E-state index < -0.39 is 11.7 Å². The van der Waals surface area contributed by atoms with E-state index in [0.29, 0.717) is 12.2 Å². The molecule has 0 aliphatic carbocycles. The van der Waals surface area contributed by atoms with E-state index in [1.165, 1.54) is 6.07 Å². The molecule has 1 aromatic carbocycles. The fraction of sp³-hybridized carbons (Fsp3) is 0.462. The summed E-state index contributed by atoms with van der Waals surface area (Å²) in [5.74, 6) is -0.260. The molecular weight excluding hydrogens is 257 g/mol. The van der Waals surface area contributed by atoms with Crippen molar-refractivity contribution in [1.82, 2.24) is 0 Å². The molecule has 1 heterocycles. The number of nitrogens with zero attached hydrogens (tertiary/aromatic N) is 1. The molecule has 0 saturated heterocycles. The van der Waals surface area contributed by atoms with Gasteiger partial charge in [-0.2, -0.15) is 13.2 Å². The fourth-order valence-electron chi connectivity index (χ4n) is 2.36. The summed E-state index contributed by atoms with van der Waals surface area (Å²) >= 11 is 0. The molecule has 0 fully saturated rings. The van der Waals surface area contributed by atoms with Crippen LogP contribution in [0, 0.1) is 0 Å². The first-order valence-corrected chi connectivity index (χ1v) is 6.10. The van der Waals surface area contributed by atoms with Gasteiger partial charge in [0.15, 0.2) is 0 Å². The minimum Gasteiger partial charge on any atom is -0.367 e. The lowest BCUT2D eigenvalue weighted by atomic mass is 10.1. The molecule has 0 saturated carbocycles. The monoisotopic (exact) mass is 272 g/mol. The summed E-state index contributed by atoms with van der Waals surface area (Å²) in [5.41, 5.74) is 0.108. The summed E-state index contributed by atoms with van der Waals surface area (Å²) in [4.78, 5) is 13.6. The van der Waals surface area contributed by atoms with Crippen LogP contribution in [0.15, 0.2) is 18.2 Å². The Morgan fingerprint density at radius 1 is 1.42 bits per heavy atom. The van der Waals surface area contributed by atoms with Crippen molar-refractivity contribution in [3.8, 4) is 0 Å². The normalized spacial score (nSPS) is 19.7. The zero-order valence-corrected chi connectivity index (χ0v) is 10.7. The van der Waals surface area contributed by atoms with E-state index in [1.807, 2.05) is 18.7 Å². The molecule has 1 unspecified atom stereocenters. The molecule has 1 aliphatic rings. The Morgan fingerprint density at radius 2 is 2.11 bits per heavy atom. The average molecular weight is 272 g/mol. The smallest absolute Gasteiger partial charge is 0.367 e. The van der Waals surface area contributed by atoms with Crippen molar-refractivity contribution >= 4 is 17.3 Å². The van der Waals surface area contributed by atoms with Crippen LogP contribution in [0.2, 0.25) is 0 Å². The van der Waals surface area contributed by atoms with Gasteiger partial charge in [-0.05, 0) is 32.0 Å². The highest BCUT2D eigenvalue weighted by Crippen LogP contribution is 2.37. The molecule has 0 spiro atoms. The van der Waals surface area contributed by atoms with Gasteiger partial charge in [-0.15, -0.1) is 0 Å². The number of nitrogens with one attached hydrogen (secondary N) is 1. The van der Waals surface area contributed by atoms with Crippen molar-refractivity contribution in [2.75, 3.05) is 16.8 Å². The van der Waals surface area contributed by atoms with Crippen molar-refractivity contribution < 1.29 is 18.0 Å². The molecule has 0 bridgehead atoms. The Bertz CT molecular complexity index is 499. The lowest BCUT2D eigenvalue weighted by Crippen LogP contribution is -2.33. The van der Waals surface area contributed by atoms with Gasteiger partial charge in [0.05, 0.1) is 16.9 Å². The third-order valence-corrected chi connectivity index (χ3v) is 3.26. The maximum atomic E-state index is 12.7. The number of halogens is 3. The molecule has 19 heavy (non-hydrogen) atoms. The van der Waals surface area contributed by atoms with Crippen LogP contribution in [0.5, 0.6) is 0 Å². The van der Waals surface area contributed by atoms with Crippen LogP contribution in [0.3, 0.4) is 0 Å². The zero-order chi connectivity index (χ0) is 14.2. The summed E-state index contributed by atoms with van der Waals surface area (Å²) in [6.45, 7) is 4.43. The van der Waals surface area contributed by atoms with Crippen molar-refractivity contribution in [1.29, 1.82) is 0 Å². The molecule has 1 aliphatic heterocycles. The van der Waals surface area contributed by atoms with Crippen LogP contribution in [-0.2, 0) is 11.0 Å². The van der Waals surface area contributed by atoms with Crippen LogP contribution < -0.4 is 10.2 Å². The molecule has 3 nitrogen and oxygen atoms in total. The average Bonchev–Trinajstić information content (AvgIpc) is 2.41. The number of hydrogen-bond donors (Lipinski definition) is 1. The van der Waals surface area contributed by atoms with Gasteiger partial charge in [0.2, 0.25) is 5.91 Å². The van der Waals surface area contributed by atoms with Gasteiger partial charge in [-0.25, -0.2) is 0 Å². The SMILES string of the molecule is CCN1c2ccc(C(F)(F)F)cc2NC(=O)CC1C. The number of carbonyl (C=O) groups excluding carboxylic acids is 1. The maximum absolute atomic E-state index is 12.7. The number of hydrogen-bond acceptors (Lipinski definition) is 2. The Morgan fingerprint density at radius 3 is 2.68 bits per heavy atom. The summed E-state index contributed by atoms with van der Waals surface area (Å²) in [7, 11) is 0. The Labute approximate surface area is 109 Å². The van der Waals surface area contributed by atoms with Gasteiger partial charge in [-0.1, -0.05) is 0 Å². The highest BCUT2D eigenvalue weighted by molar-refractivity contribution is 5.96. The second kappa shape index (κ2) is 4.75. The molecule has 2 rings (SSSR count). The van der Waals surface area contributed by atoms with E-state index >= 15 is 0 Å². The Balaban J connectivity index is 2.51. The number of rotatable bonds is 1. The van der Waals surface area contributed by atoms with Gasteiger partial charge in [0, 0.05) is 19.0 Å². The molecule has 0 radical (unpaired) electrons. The predicted octanol–water partition coefficient (Wildman–Crippen LogP) is 3.26. The topological polar surface area (TPSA) is 32.3 Å². The number of fused-ring (bicyclic) bond motifs is 1. The number of anilines is 2. The molecule has 6 heteroatoms. The van der Waals surface area contributed by atoms with Crippen LogP contribution in [0.4, 0.5) is 24.5 Å². The van der Waals surface area contributed by atoms with Gasteiger partial charge in [0.1, 0.15) is 0 Å². The summed E-state index contributed by atoms with van der Waals surface area (Å²) in [6, 6.07) is 3.42. The third-order valence-electron chi connectivity index (χ3n) is 3.26. The van der Waals surface area contributed by atoms with Crippen LogP contribution in [-0.4, -0.2) is 18.5 Å². The first-order chi connectivity index (χ1) is 8.82. The van der Waals surface area contributed by atoms with Gasteiger partial charge < -0.3 is 10.2 Å². The Kier molecular flexibility index (Phi) is 3.43. The van der Waals surface area contributed by atoms with E-state index in [4.69, 9.17) is 0 Å². The highest BCUT2D eigenvalue weighted by atomic mass is 19.4. The molecule has 104 valence electrons. The second-order valence-corrected chi connectivity index (χ2v) is 4.62. The second-order valence-electron chi connectivity index (χ2n) is 4.62. The molecular formula is C13H15F3N2O. The number of amides is 1. The summed E-state index contributed by atoms with van der Waals surface area (Å²) in [5, 5.41) is 2.55. The van der Waals surface area contributed by atoms with E-state index in [2.05, 4.69) is 5.32 Å². The highest BCUT2D eigenvalue weighted by Gasteiger charge is 2.32. The predicted molar refractivity (Wildman–Crippen MR) is 67.2 cm³/mol. The lowest BCUT2D eigenvalue weighted by Gasteiger charge is -2.28. The van der Waals surface area contributed by atoms with Crippen molar-refractivity contribution in [3.63, 3.8) is 0 Å². The standard InChI is InChI=1S/C13H15F3N2O/c1-3-18-8(2)6-12(19)17-10-7-9(13(14,15)16)4-5-11(10)18/h4-5,7-8H,3,6H2,1-2H3,(H,17,19). The largest absolute Gasteiger partial charge is 0.416 e. The molecule has 1 aromatic rings. The number of alkyl halides is 3. The van der Waals surface area contributed by atoms with Crippen LogP contribution in [0.25, 0.3) is 0 Å². The maximum Gasteiger partial charge on any atom is 0.416 e. The summed E-state index contributed by atoms with van der Waals surface area (Å²) < 4.78 is 38.1. The molecule has 1 atom stereocenters. The molecule has 1 N–H and O–H groups in total. The fourth-order valence-corrected chi connectivity index (χ4v) is 2.36. The molecule has 0 aromatic heterocycles. The number of benzene rings is 1. The van der Waals surface area contributed by atoms with Crippen LogP contribution >= 0.6 is 0 Å². The molecule has 1 amide bonds. The Hall–Kier alpha value is -1.72. The number of carbonyl (C=O) groups is 1. The minimum atomic E-state index is -4.41. The van der Waals surface area contributed by atoms with Crippen molar-refractivity contribution in [3.05, 3.63) is 23.8 Å².